The maximum atomic E-state index is 11.8. The third-order valence-corrected chi connectivity index (χ3v) is 3.43. The summed E-state index contributed by atoms with van der Waals surface area (Å²) in [7, 11) is 0. The Morgan fingerprint density at radius 2 is 2.05 bits per heavy atom. The second kappa shape index (κ2) is 7.05. The van der Waals surface area contributed by atoms with E-state index in [4.69, 9.17) is 0 Å². The van der Waals surface area contributed by atoms with Crippen LogP contribution in [0.1, 0.15) is 30.1 Å². The third-order valence-electron chi connectivity index (χ3n) is 3.43. The quantitative estimate of drug-likeness (QED) is 0.756. The van der Waals surface area contributed by atoms with Gasteiger partial charge < -0.3 is 16.0 Å². The molecule has 0 spiro atoms. The van der Waals surface area contributed by atoms with Crippen LogP contribution in [0, 0.1) is 0 Å². The minimum Gasteiger partial charge on any atom is -0.352 e. The van der Waals surface area contributed by atoms with Crippen molar-refractivity contribution in [3.8, 4) is 0 Å². The van der Waals surface area contributed by atoms with Crippen molar-refractivity contribution in [1.82, 2.24) is 16.0 Å². The smallest absolute Gasteiger partial charge is 0.251 e. The summed E-state index contributed by atoms with van der Waals surface area (Å²) in [6.45, 7) is 3.05. The van der Waals surface area contributed by atoms with Gasteiger partial charge >= 0.3 is 0 Å². The van der Waals surface area contributed by atoms with Crippen molar-refractivity contribution < 1.29 is 9.59 Å². The van der Waals surface area contributed by atoms with Crippen LogP contribution in [-0.2, 0) is 4.79 Å². The molecule has 0 radical (unpaired) electrons. The van der Waals surface area contributed by atoms with Crippen LogP contribution in [-0.4, -0.2) is 37.0 Å². The van der Waals surface area contributed by atoms with E-state index < -0.39 is 0 Å². The minimum absolute atomic E-state index is 0.0199. The van der Waals surface area contributed by atoms with Gasteiger partial charge in [0.15, 0.2) is 0 Å². The predicted octanol–water partition coefficient (Wildman–Crippen LogP) is 0.673. The van der Waals surface area contributed by atoms with Crippen LogP contribution in [0.5, 0.6) is 0 Å². The molecule has 0 aromatic heterocycles. The zero-order valence-electron chi connectivity index (χ0n) is 11.7. The molecule has 108 valence electrons. The van der Waals surface area contributed by atoms with Crippen LogP contribution in [0.4, 0.5) is 0 Å². The molecule has 2 atom stereocenters. The summed E-state index contributed by atoms with van der Waals surface area (Å²) in [6.07, 6.45) is 1.86. The van der Waals surface area contributed by atoms with Gasteiger partial charge in [0.1, 0.15) is 0 Å². The van der Waals surface area contributed by atoms with E-state index in [-0.39, 0.29) is 24.4 Å². The summed E-state index contributed by atoms with van der Waals surface area (Å²) in [6, 6.07) is 9.52. The average molecular weight is 275 g/mol. The van der Waals surface area contributed by atoms with Gasteiger partial charge in [0.25, 0.3) is 5.91 Å². The Morgan fingerprint density at radius 3 is 2.75 bits per heavy atom. The number of rotatable bonds is 4. The molecule has 0 saturated carbocycles. The lowest BCUT2D eigenvalue weighted by atomic mass is 10.0. The molecule has 1 saturated heterocycles. The van der Waals surface area contributed by atoms with Gasteiger partial charge in [0.05, 0.1) is 6.54 Å². The molecule has 5 heteroatoms. The van der Waals surface area contributed by atoms with Crippen molar-refractivity contribution in [2.75, 3.05) is 13.1 Å². The van der Waals surface area contributed by atoms with E-state index in [2.05, 4.69) is 22.9 Å². The Bertz CT molecular complexity index is 461. The van der Waals surface area contributed by atoms with Gasteiger partial charge in [0.2, 0.25) is 5.91 Å². The summed E-state index contributed by atoms with van der Waals surface area (Å²) in [5.74, 6) is -0.354. The molecule has 3 N–H and O–H groups in total. The summed E-state index contributed by atoms with van der Waals surface area (Å²) in [5, 5.41) is 8.93. The van der Waals surface area contributed by atoms with E-state index in [9.17, 15) is 9.59 Å². The fourth-order valence-corrected chi connectivity index (χ4v) is 2.39. The Morgan fingerprint density at radius 1 is 1.30 bits per heavy atom. The molecule has 1 aliphatic rings. The fraction of sp³-hybridized carbons (Fsp3) is 0.467. The van der Waals surface area contributed by atoms with Crippen LogP contribution in [0.3, 0.4) is 0 Å². The van der Waals surface area contributed by atoms with Crippen LogP contribution < -0.4 is 16.0 Å². The largest absolute Gasteiger partial charge is 0.352 e. The van der Waals surface area contributed by atoms with Gasteiger partial charge in [-0.1, -0.05) is 18.2 Å². The first-order chi connectivity index (χ1) is 9.65. The molecule has 1 aliphatic heterocycles. The molecule has 1 aromatic carbocycles. The lowest BCUT2D eigenvalue weighted by Gasteiger charge is -2.28. The molecule has 20 heavy (non-hydrogen) atoms. The molecule has 1 heterocycles. The zero-order chi connectivity index (χ0) is 14.4. The van der Waals surface area contributed by atoms with Crippen LogP contribution >= 0.6 is 0 Å². The number of piperidine rings is 1. The second-order valence-corrected chi connectivity index (χ2v) is 5.19. The minimum atomic E-state index is -0.223. The molecule has 0 aliphatic carbocycles. The first-order valence-electron chi connectivity index (χ1n) is 7.01. The molecule has 2 unspecified atom stereocenters. The number of benzene rings is 1. The Labute approximate surface area is 119 Å². The van der Waals surface area contributed by atoms with Gasteiger partial charge in [0, 0.05) is 17.6 Å². The predicted molar refractivity (Wildman–Crippen MR) is 77.4 cm³/mol. The van der Waals surface area contributed by atoms with Crippen LogP contribution in [0.25, 0.3) is 0 Å². The van der Waals surface area contributed by atoms with Gasteiger partial charge in [-0.3, -0.25) is 9.59 Å². The topological polar surface area (TPSA) is 70.2 Å². The van der Waals surface area contributed by atoms with Gasteiger partial charge in [-0.25, -0.2) is 0 Å². The van der Waals surface area contributed by atoms with Gasteiger partial charge in [-0.15, -0.1) is 0 Å². The molecule has 2 rings (SSSR count). The highest BCUT2D eigenvalue weighted by Crippen LogP contribution is 2.07. The van der Waals surface area contributed by atoms with Crippen molar-refractivity contribution >= 4 is 11.8 Å². The van der Waals surface area contributed by atoms with Gasteiger partial charge in [-0.2, -0.15) is 0 Å². The highest BCUT2D eigenvalue weighted by molar-refractivity contribution is 5.96. The molecule has 0 bridgehead atoms. The number of carbonyl (C=O) groups is 2. The van der Waals surface area contributed by atoms with Crippen molar-refractivity contribution in [2.45, 2.75) is 31.8 Å². The van der Waals surface area contributed by atoms with Crippen LogP contribution in [0.2, 0.25) is 0 Å². The van der Waals surface area contributed by atoms with Gasteiger partial charge in [-0.05, 0) is 38.4 Å². The molecule has 5 nitrogen and oxygen atoms in total. The Kier molecular flexibility index (Phi) is 5.12. The third kappa shape index (κ3) is 4.35. The van der Waals surface area contributed by atoms with E-state index in [1.807, 2.05) is 6.07 Å². The van der Waals surface area contributed by atoms with E-state index in [0.717, 1.165) is 19.4 Å². The monoisotopic (exact) mass is 275 g/mol. The number of nitrogens with one attached hydrogen (secondary N) is 3. The summed E-state index contributed by atoms with van der Waals surface area (Å²) >= 11 is 0. The number of carbonyl (C=O) groups excluding carboxylic acids is 2. The highest BCUT2D eigenvalue weighted by Gasteiger charge is 2.19. The molecule has 2 amide bonds. The van der Waals surface area contributed by atoms with Crippen molar-refractivity contribution in [2.24, 2.45) is 0 Å². The molecular weight excluding hydrogens is 254 g/mol. The van der Waals surface area contributed by atoms with Crippen molar-refractivity contribution in [1.29, 1.82) is 0 Å². The van der Waals surface area contributed by atoms with E-state index in [1.54, 1.807) is 24.3 Å². The van der Waals surface area contributed by atoms with Crippen molar-refractivity contribution in [3.05, 3.63) is 35.9 Å². The second-order valence-electron chi connectivity index (χ2n) is 5.19. The molecular formula is C15H21N3O2. The SMILES string of the molecule is CC1CC(NC(=O)CNC(=O)c2ccccc2)CCN1. The first-order valence-corrected chi connectivity index (χ1v) is 7.01. The Hall–Kier alpha value is -1.88. The lowest BCUT2D eigenvalue weighted by molar-refractivity contribution is -0.121. The zero-order valence-corrected chi connectivity index (χ0v) is 11.7. The number of amides is 2. The van der Waals surface area contributed by atoms with E-state index in [0.29, 0.717) is 11.6 Å². The van der Waals surface area contributed by atoms with E-state index >= 15 is 0 Å². The Balaban J connectivity index is 1.73. The van der Waals surface area contributed by atoms with Crippen LogP contribution in [0.15, 0.2) is 30.3 Å². The maximum absolute atomic E-state index is 11.8. The normalized spacial score (nSPS) is 22.1. The van der Waals surface area contributed by atoms with E-state index in [1.165, 1.54) is 0 Å². The molecule has 1 aromatic rings. The maximum Gasteiger partial charge on any atom is 0.251 e. The summed E-state index contributed by atoms with van der Waals surface area (Å²) < 4.78 is 0. The highest BCUT2D eigenvalue weighted by atomic mass is 16.2. The summed E-state index contributed by atoms with van der Waals surface area (Å²) in [4.78, 5) is 23.6. The summed E-state index contributed by atoms with van der Waals surface area (Å²) in [5.41, 5.74) is 0.566. The number of hydrogen-bond acceptors (Lipinski definition) is 3. The fourth-order valence-electron chi connectivity index (χ4n) is 2.39. The average Bonchev–Trinajstić information content (AvgIpc) is 2.46. The lowest BCUT2D eigenvalue weighted by Crippen LogP contribution is -2.48. The first kappa shape index (κ1) is 14.5. The molecule has 1 fully saturated rings. The number of hydrogen-bond donors (Lipinski definition) is 3. The standard InChI is InChI=1S/C15H21N3O2/c1-11-9-13(7-8-16-11)18-14(19)10-17-15(20)12-5-3-2-4-6-12/h2-6,11,13,16H,7-10H2,1H3,(H,17,20)(H,18,19). The van der Waals surface area contributed by atoms with Crippen molar-refractivity contribution in [3.63, 3.8) is 0 Å².